The zero-order chi connectivity index (χ0) is 40.5. The second-order valence-corrected chi connectivity index (χ2v) is 15.2. The second-order valence-electron chi connectivity index (χ2n) is 14.2. The molecule has 296 valence electrons. The summed E-state index contributed by atoms with van der Waals surface area (Å²) in [5.41, 5.74) is 2.00. The summed E-state index contributed by atoms with van der Waals surface area (Å²) in [5.74, 6) is -10.9. The summed E-state index contributed by atoms with van der Waals surface area (Å²) >= 11 is 1.19. The minimum atomic E-state index is -4.07. The number of aryl methyl sites for hydroxylation is 1. The number of benzene rings is 2. The van der Waals surface area contributed by atoms with Gasteiger partial charge < -0.3 is 21.5 Å². The highest BCUT2D eigenvalue weighted by atomic mass is 32.1. The van der Waals surface area contributed by atoms with Gasteiger partial charge in [0, 0.05) is 49.0 Å². The number of para-hydroxylation sites is 1. The van der Waals surface area contributed by atoms with Crippen LogP contribution in [0.25, 0.3) is 32.4 Å². The summed E-state index contributed by atoms with van der Waals surface area (Å²) in [6.45, 7) is 2.08. The van der Waals surface area contributed by atoms with Crippen LogP contribution in [0.4, 0.5) is 46.1 Å². The molecule has 6 aromatic rings. The number of nitrogens with zero attached hydrogens (tertiary/aromatic N) is 6. The first-order chi connectivity index (χ1) is 26.2. The van der Waals surface area contributed by atoms with Gasteiger partial charge in [-0.1, -0.05) is 23.5 Å². The van der Waals surface area contributed by atoms with Gasteiger partial charge in [0.25, 0.3) is 18.3 Å². The van der Waals surface area contributed by atoms with Crippen LogP contribution in [0.1, 0.15) is 67.4 Å². The number of nitrogens with two attached hydrogens (primary N) is 1. The fourth-order valence-corrected chi connectivity index (χ4v) is 7.75. The second kappa shape index (κ2) is 14.0. The van der Waals surface area contributed by atoms with Gasteiger partial charge in [0.1, 0.15) is 29.6 Å². The Balaban J connectivity index is 1.38. The molecule has 0 saturated carbocycles. The molecule has 7 rings (SSSR count). The molecule has 0 spiro atoms. The molecule has 0 aliphatic heterocycles. The highest BCUT2D eigenvalue weighted by molar-refractivity contribution is 7.22. The van der Waals surface area contributed by atoms with Crippen molar-refractivity contribution in [1.82, 2.24) is 34.8 Å². The highest BCUT2D eigenvalue weighted by Gasteiger charge is 2.55. The molecule has 56 heavy (non-hydrogen) atoms. The van der Waals surface area contributed by atoms with E-state index in [4.69, 9.17) is 10.7 Å². The maximum absolute atomic E-state index is 15.2. The van der Waals surface area contributed by atoms with Crippen LogP contribution in [0.3, 0.4) is 0 Å². The van der Waals surface area contributed by atoms with E-state index in [1.54, 1.807) is 45.2 Å². The number of halogens is 8. The monoisotopic (exact) mass is 807 g/mol. The average molecular weight is 808 g/mol. The number of anilines is 2. The number of carbonyl (C=O) groups is 1. The summed E-state index contributed by atoms with van der Waals surface area (Å²) < 4.78 is 119. The molecule has 0 unspecified atom stereocenters. The molecule has 20 heteroatoms. The molecular formula is C36H33F8N9O2S. The number of thiazole rings is 1. The van der Waals surface area contributed by atoms with E-state index < -0.39 is 83.8 Å². The van der Waals surface area contributed by atoms with Gasteiger partial charge in [-0.05, 0) is 50.1 Å². The van der Waals surface area contributed by atoms with Gasteiger partial charge in [-0.3, -0.25) is 14.2 Å². The third-order valence-electron chi connectivity index (χ3n) is 9.24. The Labute approximate surface area is 316 Å². The molecule has 1 aliphatic carbocycles. The van der Waals surface area contributed by atoms with Gasteiger partial charge in [0.2, 0.25) is 5.91 Å². The Morgan fingerprint density at radius 1 is 1.00 bits per heavy atom. The number of aromatic nitrogens is 6. The minimum absolute atomic E-state index is 0.0251. The Kier molecular flexibility index (Phi) is 9.71. The number of pyridine rings is 1. The van der Waals surface area contributed by atoms with Crippen LogP contribution in [0.15, 0.2) is 42.5 Å². The van der Waals surface area contributed by atoms with Crippen molar-refractivity contribution in [3.05, 3.63) is 82.3 Å². The number of amides is 1. The van der Waals surface area contributed by atoms with Crippen molar-refractivity contribution < 1.29 is 45.0 Å². The predicted octanol–water partition coefficient (Wildman–Crippen LogP) is 7.50. The van der Waals surface area contributed by atoms with Gasteiger partial charge in [0.15, 0.2) is 16.6 Å². The third kappa shape index (κ3) is 7.46. The number of rotatable bonds is 11. The Bertz CT molecular complexity index is 2470. The molecule has 0 bridgehead atoms. The normalized spacial score (nSPS) is 15.7. The van der Waals surface area contributed by atoms with Crippen molar-refractivity contribution in [2.45, 2.75) is 69.6 Å². The molecule has 0 saturated heterocycles. The van der Waals surface area contributed by atoms with Crippen molar-refractivity contribution in [3.8, 4) is 11.1 Å². The zero-order valence-corrected chi connectivity index (χ0v) is 30.6. The summed E-state index contributed by atoms with van der Waals surface area (Å²) in [4.78, 5) is 23.2. The van der Waals surface area contributed by atoms with Crippen molar-refractivity contribution in [1.29, 1.82) is 0 Å². The Morgan fingerprint density at radius 2 is 1.70 bits per heavy atom. The average Bonchev–Trinajstić information content (AvgIpc) is 3.78. The quantitative estimate of drug-likeness (QED) is 0.0985. The molecule has 1 atom stereocenters. The van der Waals surface area contributed by atoms with Crippen molar-refractivity contribution in [3.63, 3.8) is 0 Å². The van der Waals surface area contributed by atoms with Crippen LogP contribution < -0.4 is 16.4 Å². The molecule has 1 aliphatic rings. The maximum Gasteiger partial charge on any atom is 0.290 e. The van der Waals surface area contributed by atoms with E-state index in [1.165, 1.54) is 16.0 Å². The van der Waals surface area contributed by atoms with Crippen LogP contribution in [0.5, 0.6) is 0 Å². The molecule has 0 radical (unpaired) electrons. The molecule has 1 amide bonds. The number of fused-ring (bicyclic) bond motifs is 3. The van der Waals surface area contributed by atoms with Gasteiger partial charge in [-0.2, -0.15) is 19.0 Å². The van der Waals surface area contributed by atoms with Crippen LogP contribution >= 0.6 is 11.3 Å². The van der Waals surface area contributed by atoms with E-state index in [-0.39, 0.29) is 40.4 Å². The summed E-state index contributed by atoms with van der Waals surface area (Å²) in [6, 6.07) is 8.14. The lowest BCUT2D eigenvalue weighted by atomic mass is 9.89. The molecule has 4 aromatic heterocycles. The zero-order valence-electron chi connectivity index (χ0n) is 29.8. The van der Waals surface area contributed by atoms with E-state index in [9.17, 15) is 36.2 Å². The van der Waals surface area contributed by atoms with Gasteiger partial charge >= 0.3 is 0 Å². The van der Waals surface area contributed by atoms with Crippen LogP contribution in [-0.2, 0) is 36.7 Å². The number of nitrogens with one attached hydrogen (secondary N) is 2. The maximum atomic E-state index is 15.2. The van der Waals surface area contributed by atoms with Crippen LogP contribution in [0, 0.1) is 11.6 Å². The molecule has 0 fully saturated rings. The summed E-state index contributed by atoms with van der Waals surface area (Å²) in [6.07, 6.45) is -6.81. The van der Waals surface area contributed by atoms with Crippen LogP contribution in [0.2, 0.25) is 0 Å². The molecule has 4 heterocycles. The standard InChI is InChI=1S/C36H33F8N9O2S/c1-34(2,55)15-46-33-49-32-23(56-33)13-21(19-5-4-6-20-28(19)52(3)51-31(20)45)26(48-32)22(11-16-9-17(37)12-18(38)10-16)47-24(54)14-53-29-25(27(50-53)30(39)40)35(41,42)7-8-36(29,43)44/h4-6,9-10,12-13,22,30,55H,7-8,11,14-15H2,1-3H3,(H2,45,51)(H,47,54)(H,46,48,49)/t22-/m0/s1. The lowest BCUT2D eigenvalue weighted by Crippen LogP contribution is -2.37. The Hall–Kier alpha value is -5.37. The number of hydrogen-bond acceptors (Lipinski definition) is 9. The fourth-order valence-electron chi connectivity index (χ4n) is 6.90. The van der Waals surface area contributed by atoms with E-state index in [0.717, 1.165) is 12.1 Å². The lowest BCUT2D eigenvalue weighted by Gasteiger charge is -2.29. The lowest BCUT2D eigenvalue weighted by molar-refractivity contribution is -0.123. The smallest absolute Gasteiger partial charge is 0.290 e. The number of nitrogen functional groups attached to an aromatic ring is 1. The van der Waals surface area contributed by atoms with Crippen molar-refractivity contribution in [2.75, 3.05) is 17.6 Å². The Morgan fingerprint density at radius 3 is 2.38 bits per heavy atom. The SMILES string of the molecule is Cn1nc(N)c2cccc(-c3cc4sc(NCC(C)(C)O)nc4nc3[C@H](Cc3cc(F)cc(F)c3)NC(=O)Cn3nc(C(F)F)c4c3C(F)(F)CCC4(F)F)c21. The first-order valence-corrected chi connectivity index (χ1v) is 17.9. The van der Waals surface area contributed by atoms with Crippen LogP contribution in [-0.4, -0.2) is 52.7 Å². The van der Waals surface area contributed by atoms with E-state index in [2.05, 4.69) is 25.8 Å². The van der Waals surface area contributed by atoms with E-state index in [0.29, 0.717) is 37.9 Å². The third-order valence-corrected chi connectivity index (χ3v) is 10.2. The summed E-state index contributed by atoms with van der Waals surface area (Å²) in [7, 11) is 1.64. The number of alkyl halides is 6. The fraction of sp³-hybridized carbons (Fsp3) is 0.361. The predicted molar refractivity (Wildman–Crippen MR) is 191 cm³/mol. The van der Waals surface area contributed by atoms with E-state index in [1.807, 2.05) is 0 Å². The first-order valence-electron chi connectivity index (χ1n) is 17.1. The summed E-state index contributed by atoms with van der Waals surface area (Å²) in [5, 5.41) is 24.5. The van der Waals surface area contributed by atoms with Gasteiger partial charge in [-0.25, -0.2) is 36.3 Å². The van der Waals surface area contributed by atoms with Gasteiger partial charge in [-0.15, -0.1) is 0 Å². The largest absolute Gasteiger partial charge is 0.389 e. The number of hydrogen-bond donors (Lipinski definition) is 4. The molecule has 2 aromatic carbocycles. The minimum Gasteiger partial charge on any atom is -0.389 e. The first kappa shape index (κ1) is 38.9. The van der Waals surface area contributed by atoms with Crippen molar-refractivity contribution in [2.24, 2.45) is 7.05 Å². The molecule has 5 N–H and O–H groups in total. The number of aliphatic hydroxyl groups is 1. The highest BCUT2D eigenvalue weighted by Crippen LogP contribution is 2.52. The topological polar surface area (TPSA) is 149 Å². The molecule has 11 nitrogen and oxygen atoms in total. The molecular weight excluding hydrogens is 775 g/mol. The number of carbonyl (C=O) groups excluding carboxylic acids is 1. The van der Waals surface area contributed by atoms with E-state index >= 15 is 8.78 Å². The van der Waals surface area contributed by atoms with Crippen molar-refractivity contribution >= 4 is 49.4 Å². The van der Waals surface area contributed by atoms with Gasteiger partial charge in [0.05, 0.1) is 33.1 Å².